The second kappa shape index (κ2) is 12.3. The van der Waals surface area contributed by atoms with Crippen molar-refractivity contribution in [2.24, 2.45) is 0 Å². The molecule has 2 aliphatic heterocycles. The summed E-state index contributed by atoms with van der Waals surface area (Å²) in [4.78, 5) is 33.5. The van der Waals surface area contributed by atoms with Gasteiger partial charge < -0.3 is 19.4 Å². The monoisotopic (exact) mass is 662 g/mol. The van der Waals surface area contributed by atoms with E-state index in [0.717, 1.165) is 27.1 Å². The van der Waals surface area contributed by atoms with Crippen molar-refractivity contribution in [1.29, 1.82) is 0 Å². The first-order valence-electron chi connectivity index (χ1n) is 14.0. The van der Waals surface area contributed by atoms with Gasteiger partial charge >= 0.3 is 0 Å². The van der Waals surface area contributed by atoms with Gasteiger partial charge in [0.15, 0.2) is 5.01 Å². The number of nitrogens with zero attached hydrogens (tertiary/aromatic N) is 3. The highest BCUT2D eigenvalue weighted by atomic mass is 35.5. The fraction of sp³-hybridized carbons (Fsp3) is 0.414. The van der Waals surface area contributed by atoms with E-state index in [1.165, 1.54) is 46.4 Å². The number of ether oxygens (including phenoxy) is 1. The molecule has 0 radical (unpaired) electrons. The fourth-order valence-corrected chi connectivity index (χ4v) is 9.84. The molecule has 3 aromatic heterocycles. The molecular weight excluding hydrogens is 632 g/mol. The van der Waals surface area contributed by atoms with Crippen LogP contribution < -0.4 is 15.5 Å². The van der Waals surface area contributed by atoms with Crippen molar-refractivity contribution in [3.63, 3.8) is 0 Å². The van der Waals surface area contributed by atoms with Crippen LogP contribution in [0.5, 0.6) is 5.75 Å². The van der Waals surface area contributed by atoms with Gasteiger partial charge in [-0.3, -0.25) is 9.59 Å². The van der Waals surface area contributed by atoms with Crippen molar-refractivity contribution in [1.82, 2.24) is 19.5 Å². The quantitative estimate of drug-likeness (QED) is 0.292. The lowest BCUT2D eigenvalue weighted by Crippen LogP contribution is -2.56. The number of hydrogen-bond acceptors (Lipinski definition) is 10. The molecule has 0 saturated carbocycles. The molecule has 1 aromatic carbocycles. The van der Waals surface area contributed by atoms with Gasteiger partial charge in [0.2, 0.25) is 11.2 Å². The van der Waals surface area contributed by atoms with Crippen molar-refractivity contribution in [3.05, 3.63) is 73.2 Å². The van der Waals surface area contributed by atoms with Gasteiger partial charge in [-0.25, -0.2) is 13.4 Å². The molecule has 4 aromatic rings. The molecule has 2 unspecified atom stereocenters. The highest BCUT2D eigenvalue weighted by molar-refractivity contribution is 7.91. The molecule has 228 valence electrons. The molecule has 2 atom stereocenters. The third-order valence-corrected chi connectivity index (χ3v) is 12.6. The average molecular weight is 663 g/mol. The van der Waals surface area contributed by atoms with Crippen molar-refractivity contribution < 1.29 is 22.4 Å². The summed E-state index contributed by atoms with van der Waals surface area (Å²) >= 11 is 8.73. The molecular formula is C29H31ClN4O6S3. The zero-order chi connectivity index (χ0) is 30.3. The lowest BCUT2D eigenvalue weighted by atomic mass is 10.0. The maximum atomic E-state index is 13.8. The average Bonchev–Trinajstić information content (AvgIpc) is 3.61. The third kappa shape index (κ3) is 6.24. The Bertz CT molecular complexity index is 1830. The number of thiophene rings is 1. The number of piperazine rings is 1. The number of aromatic nitrogens is 1. The summed E-state index contributed by atoms with van der Waals surface area (Å²) < 4.78 is 40.7. The number of carbonyl (C=O) groups excluding carboxylic acids is 1. The van der Waals surface area contributed by atoms with Crippen LogP contribution in [0, 0.1) is 0 Å². The minimum atomic E-state index is -3.81. The summed E-state index contributed by atoms with van der Waals surface area (Å²) in [7, 11) is -2.40. The normalized spacial score (nSPS) is 19.5. The van der Waals surface area contributed by atoms with Gasteiger partial charge in [0.25, 0.3) is 15.9 Å². The first-order chi connectivity index (χ1) is 20.6. The van der Waals surface area contributed by atoms with E-state index < -0.39 is 10.0 Å². The zero-order valence-electron chi connectivity index (χ0n) is 23.7. The Labute approximate surface area is 262 Å². The maximum absolute atomic E-state index is 13.8. The van der Waals surface area contributed by atoms with Crippen LogP contribution in [0.3, 0.4) is 0 Å². The Morgan fingerprint density at radius 1 is 1.23 bits per heavy atom. The molecule has 14 heteroatoms. The SMILES string of the molecule is COc1coc(CCCC2CN(S(=O)(=O)c3cc4ccc(Cl)cc4s3)CCN2C(=O)c2nc3c(s2)CNC(C)C3)cc1=O. The number of carbonyl (C=O) groups is 1. The third-order valence-electron chi connectivity index (χ3n) is 7.86. The van der Waals surface area contributed by atoms with Gasteiger partial charge in [-0.15, -0.1) is 22.7 Å². The van der Waals surface area contributed by atoms with E-state index >= 15 is 0 Å². The topological polar surface area (TPSA) is 122 Å². The number of thiazole rings is 1. The maximum Gasteiger partial charge on any atom is 0.283 e. The lowest BCUT2D eigenvalue weighted by Gasteiger charge is -2.40. The summed E-state index contributed by atoms with van der Waals surface area (Å²) in [5, 5.41) is 5.21. The summed E-state index contributed by atoms with van der Waals surface area (Å²) in [6.45, 7) is 3.35. The van der Waals surface area contributed by atoms with Crippen molar-refractivity contribution in [3.8, 4) is 5.75 Å². The molecule has 1 saturated heterocycles. The number of fused-ring (bicyclic) bond motifs is 2. The summed E-state index contributed by atoms with van der Waals surface area (Å²) in [5.41, 5.74) is 0.688. The van der Waals surface area contributed by atoms with E-state index in [1.54, 1.807) is 23.1 Å². The first-order valence-corrected chi connectivity index (χ1v) is 17.5. The Morgan fingerprint density at radius 3 is 2.86 bits per heavy atom. The Hall–Kier alpha value is -2.81. The number of halogens is 1. The number of amides is 1. The predicted molar refractivity (Wildman–Crippen MR) is 167 cm³/mol. The molecule has 10 nitrogen and oxygen atoms in total. The molecule has 1 fully saturated rings. The highest BCUT2D eigenvalue weighted by Crippen LogP contribution is 2.34. The standard InChI is InChI=1S/C29H31ClN4O6S3/c1-17-10-22-26(14-31-17)42-28(32-22)29(36)34-9-8-33(43(37,38)27-11-18-6-7-19(30)12-25(18)41-27)15-20(34)4-3-5-21-13-23(35)24(39-2)16-40-21/h6-7,11-13,16-17,20,31H,3-5,8-10,14-15H2,1-2H3. The van der Waals surface area contributed by atoms with Crippen LogP contribution in [-0.2, 0) is 29.4 Å². The van der Waals surface area contributed by atoms with Gasteiger partial charge in [-0.1, -0.05) is 17.7 Å². The fourth-order valence-electron chi connectivity index (χ4n) is 5.55. The van der Waals surface area contributed by atoms with Crippen LogP contribution >= 0.6 is 34.3 Å². The molecule has 1 amide bonds. The number of hydrogen-bond donors (Lipinski definition) is 1. The molecule has 0 aliphatic carbocycles. The van der Waals surface area contributed by atoms with E-state index in [0.29, 0.717) is 47.6 Å². The minimum Gasteiger partial charge on any atom is -0.490 e. The molecule has 1 N–H and O–H groups in total. The van der Waals surface area contributed by atoms with E-state index in [1.807, 2.05) is 6.07 Å². The molecule has 2 aliphatic rings. The van der Waals surface area contributed by atoms with Gasteiger partial charge in [0.05, 0.1) is 12.8 Å². The van der Waals surface area contributed by atoms with Crippen LogP contribution in [0.4, 0.5) is 0 Å². The van der Waals surface area contributed by atoms with E-state index in [4.69, 9.17) is 25.7 Å². The number of rotatable bonds is 8. The summed E-state index contributed by atoms with van der Waals surface area (Å²) in [6, 6.07) is 8.31. The van der Waals surface area contributed by atoms with Crippen LogP contribution in [0.1, 0.15) is 45.9 Å². The summed E-state index contributed by atoms with van der Waals surface area (Å²) in [5.74, 6) is 0.455. The van der Waals surface area contributed by atoms with Crippen LogP contribution in [0.15, 0.2) is 50.0 Å². The van der Waals surface area contributed by atoms with Gasteiger partial charge in [-0.2, -0.15) is 4.31 Å². The van der Waals surface area contributed by atoms with Crippen LogP contribution in [-0.4, -0.2) is 67.3 Å². The predicted octanol–water partition coefficient (Wildman–Crippen LogP) is 4.55. The van der Waals surface area contributed by atoms with Crippen molar-refractivity contribution in [2.75, 3.05) is 26.7 Å². The molecule has 0 spiro atoms. The van der Waals surface area contributed by atoms with Gasteiger partial charge in [0.1, 0.15) is 16.2 Å². The molecule has 0 bridgehead atoms. The number of aryl methyl sites for hydroxylation is 1. The van der Waals surface area contributed by atoms with E-state index in [9.17, 15) is 18.0 Å². The Morgan fingerprint density at radius 2 is 2.07 bits per heavy atom. The number of nitrogens with one attached hydrogen (secondary N) is 1. The Balaban J connectivity index is 1.23. The Kier molecular flexibility index (Phi) is 8.64. The zero-order valence-corrected chi connectivity index (χ0v) is 26.9. The minimum absolute atomic E-state index is 0.132. The summed E-state index contributed by atoms with van der Waals surface area (Å²) in [6.07, 6.45) is 3.60. The number of methoxy groups -OCH3 is 1. The second-order valence-electron chi connectivity index (χ2n) is 10.8. The van der Waals surface area contributed by atoms with E-state index in [-0.39, 0.29) is 47.0 Å². The van der Waals surface area contributed by atoms with Crippen LogP contribution in [0.2, 0.25) is 5.02 Å². The molecule has 5 heterocycles. The van der Waals surface area contributed by atoms with E-state index in [2.05, 4.69) is 12.2 Å². The van der Waals surface area contributed by atoms with Crippen molar-refractivity contribution >= 4 is 60.3 Å². The van der Waals surface area contributed by atoms with Crippen molar-refractivity contribution in [2.45, 2.75) is 55.4 Å². The number of sulfonamides is 1. The first kappa shape index (κ1) is 30.2. The lowest BCUT2D eigenvalue weighted by molar-refractivity contribution is 0.0547. The van der Waals surface area contributed by atoms with Crippen LogP contribution in [0.25, 0.3) is 10.1 Å². The molecule has 43 heavy (non-hydrogen) atoms. The highest BCUT2D eigenvalue weighted by Gasteiger charge is 2.38. The smallest absolute Gasteiger partial charge is 0.283 e. The number of benzene rings is 1. The van der Waals surface area contributed by atoms with Gasteiger partial charge in [-0.05, 0) is 43.4 Å². The van der Waals surface area contributed by atoms with Gasteiger partial charge in [0, 0.05) is 71.8 Å². The molecule has 6 rings (SSSR count). The second-order valence-corrected chi connectivity index (χ2v) is 15.6. The largest absolute Gasteiger partial charge is 0.490 e.